The number of benzene rings is 2. The highest BCUT2D eigenvalue weighted by molar-refractivity contribution is 5.67. The Hall–Kier alpha value is -2.29. The second kappa shape index (κ2) is 8.10. The standard InChI is InChI=1S/C18H21NO2/c1-2-15-8-10-16(11-9-15)12-13-19-18(20)21-14-17-6-4-3-5-7-17/h3-11H,2,12-14H2,1H3,(H,19,20). The summed E-state index contributed by atoms with van der Waals surface area (Å²) < 4.78 is 5.15. The largest absolute Gasteiger partial charge is 0.445 e. The van der Waals surface area contributed by atoms with Crippen molar-refractivity contribution in [3.05, 3.63) is 71.3 Å². The van der Waals surface area contributed by atoms with Crippen LogP contribution in [-0.4, -0.2) is 12.6 Å². The summed E-state index contributed by atoms with van der Waals surface area (Å²) in [6.07, 6.45) is 1.48. The SMILES string of the molecule is CCc1ccc(CCNC(=O)OCc2ccccc2)cc1. The van der Waals surface area contributed by atoms with E-state index in [1.165, 1.54) is 11.1 Å². The predicted molar refractivity (Wildman–Crippen MR) is 84.2 cm³/mol. The fourth-order valence-corrected chi connectivity index (χ4v) is 2.02. The summed E-state index contributed by atoms with van der Waals surface area (Å²) in [4.78, 5) is 11.6. The lowest BCUT2D eigenvalue weighted by atomic mass is 10.1. The number of hydrogen-bond acceptors (Lipinski definition) is 2. The molecule has 0 atom stereocenters. The minimum Gasteiger partial charge on any atom is -0.445 e. The third-order valence-electron chi connectivity index (χ3n) is 3.33. The first-order valence-corrected chi connectivity index (χ1v) is 7.30. The van der Waals surface area contributed by atoms with Gasteiger partial charge in [-0.2, -0.15) is 0 Å². The van der Waals surface area contributed by atoms with E-state index in [-0.39, 0.29) is 6.09 Å². The van der Waals surface area contributed by atoms with Crippen LogP contribution in [0.1, 0.15) is 23.6 Å². The maximum absolute atomic E-state index is 11.6. The maximum Gasteiger partial charge on any atom is 0.407 e. The van der Waals surface area contributed by atoms with E-state index >= 15 is 0 Å². The van der Waals surface area contributed by atoms with Crippen molar-refractivity contribution >= 4 is 6.09 Å². The van der Waals surface area contributed by atoms with Gasteiger partial charge in [0.25, 0.3) is 0 Å². The van der Waals surface area contributed by atoms with Crippen LogP contribution in [0.2, 0.25) is 0 Å². The number of carbonyl (C=O) groups excluding carboxylic acids is 1. The number of nitrogens with one attached hydrogen (secondary N) is 1. The summed E-state index contributed by atoms with van der Waals surface area (Å²) in [6, 6.07) is 18.1. The molecule has 2 aromatic rings. The predicted octanol–water partition coefficient (Wildman–Crippen LogP) is 3.72. The highest BCUT2D eigenvalue weighted by Crippen LogP contribution is 2.05. The molecule has 0 aliphatic heterocycles. The first kappa shape index (κ1) is 15.1. The summed E-state index contributed by atoms with van der Waals surface area (Å²) in [5.74, 6) is 0. The Morgan fingerprint density at radius 1 is 0.952 bits per heavy atom. The first-order valence-electron chi connectivity index (χ1n) is 7.30. The lowest BCUT2D eigenvalue weighted by Crippen LogP contribution is -2.26. The minimum absolute atomic E-state index is 0.303. The normalized spacial score (nSPS) is 10.1. The molecule has 2 rings (SSSR count). The van der Waals surface area contributed by atoms with Crippen LogP contribution in [0, 0.1) is 0 Å². The molecular weight excluding hydrogens is 262 g/mol. The summed E-state index contributed by atoms with van der Waals surface area (Å²) in [7, 11) is 0. The van der Waals surface area contributed by atoms with Gasteiger partial charge in [0.05, 0.1) is 0 Å². The van der Waals surface area contributed by atoms with Crippen LogP contribution >= 0.6 is 0 Å². The molecule has 0 fully saturated rings. The van der Waals surface area contributed by atoms with Crippen molar-refractivity contribution in [2.24, 2.45) is 0 Å². The van der Waals surface area contributed by atoms with E-state index < -0.39 is 0 Å². The van der Waals surface area contributed by atoms with Crippen molar-refractivity contribution in [2.75, 3.05) is 6.54 Å². The molecule has 21 heavy (non-hydrogen) atoms. The molecule has 0 aliphatic carbocycles. The second-order valence-corrected chi connectivity index (χ2v) is 4.91. The molecule has 0 aromatic heterocycles. The molecule has 0 unspecified atom stereocenters. The summed E-state index contributed by atoms with van der Waals surface area (Å²) >= 11 is 0. The minimum atomic E-state index is -0.371. The quantitative estimate of drug-likeness (QED) is 0.877. The number of ether oxygens (including phenoxy) is 1. The van der Waals surface area contributed by atoms with Gasteiger partial charge in [-0.15, -0.1) is 0 Å². The van der Waals surface area contributed by atoms with Crippen molar-refractivity contribution in [3.8, 4) is 0 Å². The number of carbonyl (C=O) groups is 1. The monoisotopic (exact) mass is 283 g/mol. The molecule has 3 heteroatoms. The fourth-order valence-electron chi connectivity index (χ4n) is 2.02. The molecule has 3 nitrogen and oxygen atoms in total. The molecule has 0 radical (unpaired) electrons. The number of amides is 1. The highest BCUT2D eigenvalue weighted by Gasteiger charge is 2.02. The van der Waals surface area contributed by atoms with E-state index in [4.69, 9.17) is 4.74 Å². The van der Waals surface area contributed by atoms with E-state index in [1.54, 1.807) is 0 Å². The van der Waals surface area contributed by atoms with Crippen LogP contribution in [0.5, 0.6) is 0 Å². The van der Waals surface area contributed by atoms with Crippen LogP contribution in [0.25, 0.3) is 0 Å². The summed E-state index contributed by atoms with van der Waals surface area (Å²) in [5.41, 5.74) is 3.53. The van der Waals surface area contributed by atoms with E-state index in [0.29, 0.717) is 13.2 Å². The lowest BCUT2D eigenvalue weighted by molar-refractivity contribution is 0.140. The topological polar surface area (TPSA) is 38.3 Å². The average molecular weight is 283 g/mol. The van der Waals surface area contributed by atoms with Gasteiger partial charge in [0.15, 0.2) is 0 Å². The van der Waals surface area contributed by atoms with Crippen LogP contribution in [0.15, 0.2) is 54.6 Å². The molecule has 0 saturated heterocycles. The lowest BCUT2D eigenvalue weighted by Gasteiger charge is -2.07. The zero-order valence-corrected chi connectivity index (χ0v) is 12.3. The summed E-state index contributed by atoms with van der Waals surface area (Å²) in [6.45, 7) is 3.02. The van der Waals surface area contributed by atoms with Gasteiger partial charge in [-0.3, -0.25) is 0 Å². The van der Waals surface area contributed by atoms with Gasteiger partial charge in [-0.1, -0.05) is 61.5 Å². The Kier molecular flexibility index (Phi) is 5.83. The zero-order valence-electron chi connectivity index (χ0n) is 12.3. The van der Waals surface area contributed by atoms with Crippen LogP contribution in [0.3, 0.4) is 0 Å². The molecule has 0 saturated carbocycles. The molecule has 2 aromatic carbocycles. The van der Waals surface area contributed by atoms with Gasteiger partial charge in [0.1, 0.15) is 6.61 Å². The van der Waals surface area contributed by atoms with E-state index in [2.05, 4.69) is 36.5 Å². The van der Waals surface area contributed by atoms with E-state index in [9.17, 15) is 4.79 Å². The third-order valence-corrected chi connectivity index (χ3v) is 3.33. The smallest absolute Gasteiger partial charge is 0.407 e. The Balaban J connectivity index is 1.66. The van der Waals surface area contributed by atoms with Crippen molar-refractivity contribution in [1.29, 1.82) is 0 Å². The van der Waals surface area contributed by atoms with Crippen molar-refractivity contribution in [3.63, 3.8) is 0 Å². The number of hydrogen-bond donors (Lipinski definition) is 1. The van der Waals surface area contributed by atoms with Gasteiger partial charge in [-0.25, -0.2) is 4.79 Å². The van der Waals surface area contributed by atoms with Gasteiger partial charge in [0.2, 0.25) is 0 Å². The van der Waals surface area contributed by atoms with E-state index in [1.807, 2.05) is 30.3 Å². The number of alkyl carbamates (subject to hydrolysis) is 1. The molecule has 0 spiro atoms. The number of aryl methyl sites for hydroxylation is 1. The average Bonchev–Trinajstić information content (AvgIpc) is 2.54. The Bertz CT molecular complexity index is 549. The molecule has 110 valence electrons. The van der Waals surface area contributed by atoms with Gasteiger partial charge in [0, 0.05) is 6.54 Å². The Labute approximate surface area is 126 Å². The Morgan fingerprint density at radius 3 is 2.29 bits per heavy atom. The third kappa shape index (κ3) is 5.30. The molecule has 0 aliphatic rings. The van der Waals surface area contributed by atoms with Crippen molar-refractivity contribution in [2.45, 2.75) is 26.4 Å². The molecule has 1 N–H and O–H groups in total. The van der Waals surface area contributed by atoms with Gasteiger partial charge < -0.3 is 10.1 Å². The molecule has 0 heterocycles. The van der Waals surface area contributed by atoms with Crippen LogP contribution < -0.4 is 5.32 Å². The highest BCUT2D eigenvalue weighted by atomic mass is 16.5. The molecular formula is C18H21NO2. The molecule has 0 bridgehead atoms. The summed E-state index contributed by atoms with van der Waals surface area (Å²) in [5, 5.41) is 2.77. The second-order valence-electron chi connectivity index (χ2n) is 4.91. The number of rotatable bonds is 6. The first-order chi connectivity index (χ1) is 10.3. The fraction of sp³-hybridized carbons (Fsp3) is 0.278. The maximum atomic E-state index is 11.6. The van der Waals surface area contributed by atoms with E-state index in [0.717, 1.165) is 18.4 Å². The van der Waals surface area contributed by atoms with Gasteiger partial charge in [-0.05, 0) is 29.5 Å². The zero-order chi connectivity index (χ0) is 14.9. The molecule has 1 amide bonds. The van der Waals surface area contributed by atoms with Crippen LogP contribution in [0.4, 0.5) is 4.79 Å². The Morgan fingerprint density at radius 2 is 1.62 bits per heavy atom. The van der Waals surface area contributed by atoms with Crippen molar-refractivity contribution in [1.82, 2.24) is 5.32 Å². The van der Waals surface area contributed by atoms with Gasteiger partial charge >= 0.3 is 6.09 Å². The van der Waals surface area contributed by atoms with Crippen molar-refractivity contribution < 1.29 is 9.53 Å². The van der Waals surface area contributed by atoms with Crippen LogP contribution in [-0.2, 0) is 24.2 Å².